The third-order valence-electron chi connectivity index (χ3n) is 3.67. The molecule has 1 fully saturated rings. The number of halogens is 1. The van der Waals surface area contributed by atoms with Gasteiger partial charge < -0.3 is 9.84 Å². The van der Waals surface area contributed by atoms with E-state index < -0.39 is 12.1 Å². The third kappa shape index (κ3) is 3.63. The third-order valence-corrected chi connectivity index (χ3v) is 3.90. The van der Waals surface area contributed by atoms with Gasteiger partial charge in [-0.3, -0.25) is 0 Å². The van der Waals surface area contributed by atoms with Crippen LogP contribution in [-0.4, -0.2) is 17.2 Å². The summed E-state index contributed by atoms with van der Waals surface area (Å²) in [6.07, 6.45) is 5.11. The molecular formula is C15H19ClO3. The molecule has 0 unspecified atom stereocenters. The van der Waals surface area contributed by atoms with Crippen molar-refractivity contribution in [2.24, 2.45) is 0 Å². The zero-order valence-corrected chi connectivity index (χ0v) is 11.8. The Hall–Kier alpha value is -1.22. The number of carbonyl (C=O) groups is 1. The predicted molar refractivity (Wildman–Crippen MR) is 75.0 cm³/mol. The summed E-state index contributed by atoms with van der Waals surface area (Å²) in [6, 6.07) is 5.45. The van der Waals surface area contributed by atoms with Crippen LogP contribution in [0.3, 0.4) is 0 Å². The highest BCUT2D eigenvalue weighted by Gasteiger charge is 2.22. The number of aliphatic carboxylic acids is 1. The van der Waals surface area contributed by atoms with Gasteiger partial charge in [-0.2, -0.15) is 0 Å². The zero-order valence-electron chi connectivity index (χ0n) is 11.1. The molecule has 4 heteroatoms. The molecule has 1 aromatic rings. The second-order valence-electron chi connectivity index (χ2n) is 5.12. The lowest BCUT2D eigenvalue weighted by molar-refractivity contribution is -0.144. The molecule has 104 valence electrons. The molecule has 0 amide bonds. The Morgan fingerprint density at radius 1 is 1.37 bits per heavy atom. The summed E-state index contributed by atoms with van der Waals surface area (Å²) in [4.78, 5) is 10.9. The van der Waals surface area contributed by atoms with Crippen molar-refractivity contribution in [3.63, 3.8) is 0 Å². The van der Waals surface area contributed by atoms with E-state index in [0.29, 0.717) is 16.7 Å². The molecule has 1 saturated carbocycles. The van der Waals surface area contributed by atoms with Crippen LogP contribution < -0.4 is 4.74 Å². The van der Waals surface area contributed by atoms with E-state index in [1.807, 2.05) is 6.07 Å². The van der Waals surface area contributed by atoms with Crippen LogP contribution in [0.1, 0.15) is 50.5 Å². The number of hydrogen-bond donors (Lipinski definition) is 1. The van der Waals surface area contributed by atoms with Gasteiger partial charge in [0.05, 0.1) is 0 Å². The van der Waals surface area contributed by atoms with Crippen molar-refractivity contribution in [2.45, 2.75) is 51.0 Å². The van der Waals surface area contributed by atoms with Crippen molar-refractivity contribution in [1.82, 2.24) is 0 Å². The van der Waals surface area contributed by atoms with Gasteiger partial charge in [0.25, 0.3) is 0 Å². The molecule has 0 saturated heterocycles. The van der Waals surface area contributed by atoms with E-state index in [1.165, 1.54) is 19.3 Å². The van der Waals surface area contributed by atoms with Gasteiger partial charge in [0, 0.05) is 5.02 Å². The standard InChI is InChI=1S/C15H19ClO3/c1-10(15(17)18)19-14-8-7-12(16)9-13(14)11-5-3-2-4-6-11/h7-11H,2-6H2,1H3,(H,17,18)/t10-/m0/s1. The molecule has 3 nitrogen and oxygen atoms in total. The largest absolute Gasteiger partial charge is 0.479 e. The zero-order chi connectivity index (χ0) is 13.8. The van der Waals surface area contributed by atoms with E-state index in [2.05, 4.69) is 0 Å². The number of hydrogen-bond acceptors (Lipinski definition) is 2. The first-order chi connectivity index (χ1) is 9.08. The van der Waals surface area contributed by atoms with Gasteiger partial charge in [-0.1, -0.05) is 30.9 Å². The predicted octanol–water partition coefficient (Wildman–Crippen LogP) is 4.24. The summed E-state index contributed by atoms with van der Waals surface area (Å²) >= 11 is 6.06. The molecule has 0 aromatic heterocycles. The van der Waals surface area contributed by atoms with Crippen molar-refractivity contribution in [3.8, 4) is 5.75 Å². The summed E-state index contributed by atoms with van der Waals surface area (Å²) in [7, 11) is 0. The second kappa shape index (κ2) is 6.29. The van der Waals surface area contributed by atoms with E-state index >= 15 is 0 Å². The minimum absolute atomic E-state index is 0.434. The minimum Gasteiger partial charge on any atom is -0.479 e. The molecule has 1 aliphatic rings. The number of ether oxygens (including phenoxy) is 1. The Morgan fingerprint density at radius 3 is 2.68 bits per heavy atom. The Labute approximate surface area is 118 Å². The van der Waals surface area contributed by atoms with E-state index in [-0.39, 0.29) is 0 Å². The molecule has 1 N–H and O–H groups in total. The highest BCUT2D eigenvalue weighted by Crippen LogP contribution is 2.39. The molecule has 0 aliphatic heterocycles. The molecular weight excluding hydrogens is 264 g/mol. The Kier molecular flexibility index (Phi) is 4.70. The topological polar surface area (TPSA) is 46.5 Å². The van der Waals surface area contributed by atoms with Gasteiger partial charge in [0.2, 0.25) is 0 Å². The maximum absolute atomic E-state index is 10.9. The lowest BCUT2D eigenvalue weighted by atomic mass is 9.83. The molecule has 0 radical (unpaired) electrons. The van der Waals surface area contributed by atoms with E-state index in [4.69, 9.17) is 21.4 Å². The van der Waals surface area contributed by atoms with Crippen LogP contribution in [0.25, 0.3) is 0 Å². The fraction of sp³-hybridized carbons (Fsp3) is 0.533. The molecule has 0 bridgehead atoms. The van der Waals surface area contributed by atoms with Crippen molar-refractivity contribution in [1.29, 1.82) is 0 Å². The summed E-state index contributed by atoms with van der Waals surface area (Å²) < 4.78 is 5.56. The fourth-order valence-corrected chi connectivity index (χ4v) is 2.78. The minimum atomic E-state index is -0.954. The molecule has 1 aromatic carbocycles. The molecule has 1 atom stereocenters. The molecule has 0 heterocycles. The van der Waals surface area contributed by atoms with Gasteiger partial charge in [0.1, 0.15) is 5.75 Å². The molecule has 0 spiro atoms. The van der Waals surface area contributed by atoms with E-state index in [9.17, 15) is 4.79 Å². The van der Waals surface area contributed by atoms with Crippen molar-refractivity contribution < 1.29 is 14.6 Å². The highest BCUT2D eigenvalue weighted by atomic mass is 35.5. The lowest BCUT2D eigenvalue weighted by Gasteiger charge is -2.25. The Bertz CT molecular complexity index is 453. The number of benzene rings is 1. The van der Waals surface area contributed by atoms with Crippen molar-refractivity contribution >= 4 is 17.6 Å². The molecule has 19 heavy (non-hydrogen) atoms. The number of carboxylic acid groups (broad SMARTS) is 1. The van der Waals surface area contributed by atoms with Gasteiger partial charge in [-0.05, 0) is 49.4 Å². The first-order valence-corrected chi connectivity index (χ1v) is 7.14. The summed E-state index contributed by atoms with van der Waals surface area (Å²) in [5.74, 6) is 0.138. The normalized spacial score (nSPS) is 18.0. The van der Waals surface area contributed by atoms with E-state index in [0.717, 1.165) is 18.4 Å². The van der Waals surface area contributed by atoms with Crippen LogP contribution in [0, 0.1) is 0 Å². The Balaban J connectivity index is 2.24. The second-order valence-corrected chi connectivity index (χ2v) is 5.55. The van der Waals surface area contributed by atoms with Crippen LogP contribution in [0.5, 0.6) is 5.75 Å². The SMILES string of the molecule is C[C@H](Oc1ccc(Cl)cc1C1CCCCC1)C(=O)O. The maximum atomic E-state index is 10.9. The summed E-state index contributed by atoms with van der Waals surface area (Å²) in [6.45, 7) is 1.54. The molecule has 2 rings (SSSR count). The average molecular weight is 283 g/mol. The maximum Gasteiger partial charge on any atom is 0.344 e. The highest BCUT2D eigenvalue weighted by molar-refractivity contribution is 6.30. The quantitative estimate of drug-likeness (QED) is 0.898. The van der Waals surface area contributed by atoms with Crippen LogP contribution in [0.4, 0.5) is 0 Å². The van der Waals surface area contributed by atoms with E-state index in [1.54, 1.807) is 19.1 Å². The van der Waals surface area contributed by atoms with Gasteiger partial charge in [0.15, 0.2) is 6.10 Å². The van der Waals surface area contributed by atoms with Crippen LogP contribution in [0.2, 0.25) is 5.02 Å². The Morgan fingerprint density at radius 2 is 2.05 bits per heavy atom. The summed E-state index contributed by atoms with van der Waals surface area (Å²) in [5.41, 5.74) is 1.06. The van der Waals surface area contributed by atoms with Crippen molar-refractivity contribution in [3.05, 3.63) is 28.8 Å². The number of carboxylic acids is 1. The first kappa shape index (κ1) is 14.2. The summed E-state index contributed by atoms with van der Waals surface area (Å²) in [5, 5.41) is 9.62. The fourth-order valence-electron chi connectivity index (χ4n) is 2.60. The smallest absolute Gasteiger partial charge is 0.344 e. The van der Waals surface area contributed by atoms with Crippen LogP contribution in [0.15, 0.2) is 18.2 Å². The van der Waals surface area contributed by atoms with Crippen LogP contribution >= 0.6 is 11.6 Å². The average Bonchev–Trinajstić information content (AvgIpc) is 2.41. The first-order valence-electron chi connectivity index (χ1n) is 6.77. The van der Waals surface area contributed by atoms with Gasteiger partial charge >= 0.3 is 5.97 Å². The molecule has 1 aliphatic carbocycles. The number of rotatable bonds is 4. The van der Waals surface area contributed by atoms with Crippen molar-refractivity contribution in [2.75, 3.05) is 0 Å². The van der Waals surface area contributed by atoms with Crippen LogP contribution in [-0.2, 0) is 4.79 Å². The monoisotopic (exact) mass is 282 g/mol. The van der Waals surface area contributed by atoms with Gasteiger partial charge in [-0.15, -0.1) is 0 Å². The lowest BCUT2D eigenvalue weighted by Crippen LogP contribution is -2.23. The van der Waals surface area contributed by atoms with Gasteiger partial charge in [-0.25, -0.2) is 4.79 Å².